The zero-order chi connectivity index (χ0) is 9.84. The lowest BCUT2D eigenvalue weighted by Gasteiger charge is -2.17. The fraction of sp³-hybridized carbons (Fsp3) is 0.455. The van der Waals surface area contributed by atoms with Crippen molar-refractivity contribution in [1.29, 1.82) is 0 Å². The molecular formula is C11H18ClNO. The summed E-state index contributed by atoms with van der Waals surface area (Å²) in [6.45, 7) is 3.96. The summed E-state index contributed by atoms with van der Waals surface area (Å²) in [5.41, 5.74) is 8.06. The third-order valence-electron chi connectivity index (χ3n) is 2.30. The molecule has 14 heavy (non-hydrogen) atoms. The number of aliphatic hydroxyl groups is 1. The SMILES string of the molecule is CC[C@H](O)[C@H](N)c1ccc(C)cc1.Cl. The average molecular weight is 216 g/mol. The summed E-state index contributed by atoms with van der Waals surface area (Å²) in [5.74, 6) is 0. The Balaban J connectivity index is 0.00000169. The Morgan fingerprint density at radius 2 is 1.79 bits per heavy atom. The zero-order valence-corrected chi connectivity index (χ0v) is 9.42. The molecule has 0 heterocycles. The maximum Gasteiger partial charge on any atom is 0.0730 e. The van der Waals surface area contributed by atoms with Gasteiger partial charge in [-0.3, -0.25) is 0 Å². The van der Waals surface area contributed by atoms with Crippen LogP contribution in [0.3, 0.4) is 0 Å². The van der Waals surface area contributed by atoms with Crippen molar-refractivity contribution in [3.8, 4) is 0 Å². The van der Waals surface area contributed by atoms with E-state index >= 15 is 0 Å². The number of hydrogen-bond donors (Lipinski definition) is 2. The summed E-state index contributed by atoms with van der Waals surface area (Å²) >= 11 is 0. The second-order valence-corrected chi connectivity index (χ2v) is 3.41. The predicted octanol–water partition coefficient (Wildman–Crippen LogP) is 2.19. The Labute approximate surface area is 91.5 Å². The zero-order valence-electron chi connectivity index (χ0n) is 8.60. The maximum atomic E-state index is 9.52. The van der Waals surface area contributed by atoms with Crippen molar-refractivity contribution < 1.29 is 5.11 Å². The molecule has 0 unspecified atom stereocenters. The topological polar surface area (TPSA) is 46.2 Å². The van der Waals surface area contributed by atoms with Gasteiger partial charge < -0.3 is 10.8 Å². The minimum Gasteiger partial charge on any atom is -0.391 e. The van der Waals surface area contributed by atoms with Crippen LogP contribution in [-0.2, 0) is 0 Å². The molecule has 2 atom stereocenters. The Hall–Kier alpha value is -0.570. The Bertz CT molecular complexity index is 260. The molecule has 0 saturated carbocycles. The number of aliphatic hydroxyl groups excluding tert-OH is 1. The highest BCUT2D eigenvalue weighted by molar-refractivity contribution is 5.85. The van der Waals surface area contributed by atoms with E-state index in [0.717, 1.165) is 5.56 Å². The molecule has 1 aromatic rings. The van der Waals surface area contributed by atoms with Crippen LogP contribution in [0.1, 0.15) is 30.5 Å². The number of benzene rings is 1. The van der Waals surface area contributed by atoms with E-state index in [1.54, 1.807) is 0 Å². The van der Waals surface area contributed by atoms with Gasteiger partial charge in [-0.2, -0.15) is 0 Å². The van der Waals surface area contributed by atoms with Gasteiger partial charge in [-0.05, 0) is 18.9 Å². The van der Waals surface area contributed by atoms with Gasteiger partial charge in [-0.15, -0.1) is 12.4 Å². The summed E-state index contributed by atoms with van der Waals surface area (Å²) in [4.78, 5) is 0. The molecule has 0 radical (unpaired) electrons. The van der Waals surface area contributed by atoms with E-state index in [-0.39, 0.29) is 18.4 Å². The van der Waals surface area contributed by atoms with Crippen molar-refractivity contribution in [2.45, 2.75) is 32.4 Å². The molecule has 0 bridgehead atoms. The summed E-state index contributed by atoms with van der Waals surface area (Å²) in [6.07, 6.45) is 0.248. The van der Waals surface area contributed by atoms with Gasteiger partial charge in [0.05, 0.1) is 12.1 Å². The van der Waals surface area contributed by atoms with E-state index in [0.29, 0.717) is 6.42 Å². The van der Waals surface area contributed by atoms with Crippen LogP contribution in [-0.4, -0.2) is 11.2 Å². The smallest absolute Gasteiger partial charge is 0.0730 e. The summed E-state index contributed by atoms with van der Waals surface area (Å²) in [7, 11) is 0. The van der Waals surface area contributed by atoms with Crippen LogP contribution in [0.5, 0.6) is 0 Å². The summed E-state index contributed by atoms with van der Waals surface area (Å²) in [5, 5.41) is 9.52. The van der Waals surface area contributed by atoms with Gasteiger partial charge >= 0.3 is 0 Å². The molecule has 1 rings (SSSR count). The normalized spacial score (nSPS) is 14.3. The highest BCUT2D eigenvalue weighted by Gasteiger charge is 2.13. The molecule has 0 aliphatic carbocycles. The van der Waals surface area contributed by atoms with Crippen LogP contribution in [0.4, 0.5) is 0 Å². The van der Waals surface area contributed by atoms with Gasteiger partial charge in [0.1, 0.15) is 0 Å². The van der Waals surface area contributed by atoms with E-state index in [2.05, 4.69) is 0 Å². The maximum absolute atomic E-state index is 9.52. The van der Waals surface area contributed by atoms with Crippen LogP contribution in [0.25, 0.3) is 0 Å². The van der Waals surface area contributed by atoms with Gasteiger partial charge in [0.2, 0.25) is 0 Å². The first kappa shape index (κ1) is 13.4. The van der Waals surface area contributed by atoms with Crippen molar-refractivity contribution in [3.05, 3.63) is 35.4 Å². The number of rotatable bonds is 3. The van der Waals surface area contributed by atoms with E-state index < -0.39 is 6.10 Å². The van der Waals surface area contributed by atoms with Crippen LogP contribution in [0.2, 0.25) is 0 Å². The minimum absolute atomic E-state index is 0. The lowest BCUT2D eigenvalue weighted by molar-refractivity contribution is 0.140. The molecule has 3 N–H and O–H groups in total. The number of aryl methyl sites for hydroxylation is 1. The summed E-state index contributed by atoms with van der Waals surface area (Å²) in [6, 6.07) is 7.71. The molecular weight excluding hydrogens is 198 g/mol. The fourth-order valence-corrected chi connectivity index (χ4v) is 1.26. The van der Waals surface area contributed by atoms with Crippen molar-refractivity contribution in [2.75, 3.05) is 0 Å². The molecule has 0 spiro atoms. The molecule has 80 valence electrons. The van der Waals surface area contributed by atoms with Gasteiger partial charge in [-0.1, -0.05) is 36.8 Å². The van der Waals surface area contributed by atoms with Crippen molar-refractivity contribution in [1.82, 2.24) is 0 Å². The molecule has 0 fully saturated rings. The monoisotopic (exact) mass is 215 g/mol. The fourth-order valence-electron chi connectivity index (χ4n) is 1.26. The van der Waals surface area contributed by atoms with Gasteiger partial charge in [-0.25, -0.2) is 0 Å². The van der Waals surface area contributed by atoms with Gasteiger partial charge in [0, 0.05) is 0 Å². The molecule has 1 aromatic carbocycles. The van der Waals surface area contributed by atoms with Crippen molar-refractivity contribution in [3.63, 3.8) is 0 Å². The van der Waals surface area contributed by atoms with Crippen LogP contribution < -0.4 is 5.73 Å². The van der Waals surface area contributed by atoms with E-state index in [1.807, 2.05) is 38.1 Å². The second-order valence-electron chi connectivity index (χ2n) is 3.41. The standard InChI is InChI=1S/C11H17NO.ClH/c1-3-10(13)11(12)9-6-4-8(2)5-7-9;/h4-7,10-11,13H,3,12H2,1-2H3;1H/t10-,11+;/m0./s1. The molecule has 0 amide bonds. The van der Waals surface area contributed by atoms with E-state index in [4.69, 9.17) is 5.73 Å². The molecule has 2 nitrogen and oxygen atoms in total. The molecule has 3 heteroatoms. The molecule has 0 aliphatic rings. The van der Waals surface area contributed by atoms with Crippen molar-refractivity contribution >= 4 is 12.4 Å². The Morgan fingerprint density at radius 1 is 1.29 bits per heavy atom. The third-order valence-corrected chi connectivity index (χ3v) is 2.30. The van der Waals surface area contributed by atoms with E-state index in [1.165, 1.54) is 5.56 Å². The lowest BCUT2D eigenvalue weighted by atomic mass is 10.00. The van der Waals surface area contributed by atoms with Crippen LogP contribution in [0, 0.1) is 6.92 Å². The molecule has 0 saturated heterocycles. The van der Waals surface area contributed by atoms with Crippen LogP contribution >= 0.6 is 12.4 Å². The lowest BCUT2D eigenvalue weighted by Crippen LogP contribution is -2.25. The van der Waals surface area contributed by atoms with Gasteiger partial charge in [0.15, 0.2) is 0 Å². The highest BCUT2D eigenvalue weighted by Crippen LogP contribution is 2.16. The minimum atomic E-state index is -0.442. The summed E-state index contributed by atoms with van der Waals surface area (Å²) < 4.78 is 0. The predicted molar refractivity (Wildman–Crippen MR) is 61.7 cm³/mol. The van der Waals surface area contributed by atoms with Gasteiger partial charge in [0.25, 0.3) is 0 Å². The largest absolute Gasteiger partial charge is 0.391 e. The van der Waals surface area contributed by atoms with Crippen molar-refractivity contribution in [2.24, 2.45) is 5.73 Å². The number of halogens is 1. The Morgan fingerprint density at radius 3 is 2.21 bits per heavy atom. The number of nitrogens with two attached hydrogens (primary N) is 1. The average Bonchev–Trinajstić information content (AvgIpc) is 2.17. The Kier molecular flexibility index (Phi) is 5.77. The highest BCUT2D eigenvalue weighted by atomic mass is 35.5. The van der Waals surface area contributed by atoms with Crippen LogP contribution in [0.15, 0.2) is 24.3 Å². The molecule has 0 aliphatic heterocycles. The van der Waals surface area contributed by atoms with E-state index in [9.17, 15) is 5.11 Å². The first-order chi connectivity index (χ1) is 6.15. The first-order valence-corrected chi connectivity index (χ1v) is 4.65. The quantitative estimate of drug-likeness (QED) is 0.812. The third kappa shape index (κ3) is 3.29. The number of hydrogen-bond acceptors (Lipinski definition) is 2. The second kappa shape index (κ2) is 6.02. The first-order valence-electron chi connectivity index (χ1n) is 4.65. The molecule has 0 aromatic heterocycles.